The minimum Gasteiger partial charge on any atom is -0.369 e. The lowest BCUT2D eigenvalue weighted by molar-refractivity contribution is -0.121. The van der Waals surface area contributed by atoms with Crippen LogP contribution in [0, 0.1) is 11.3 Å². The van der Waals surface area contributed by atoms with Crippen LogP contribution in [-0.4, -0.2) is 16.4 Å². The van der Waals surface area contributed by atoms with Gasteiger partial charge in [-0.25, -0.2) is 0 Å². The molecular weight excluding hydrogens is 206 g/mol. The summed E-state index contributed by atoms with van der Waals surface area (Å²) in [6.45, 7) is 12.9. The molecule has 0 aliphatic rings. The summed E-state index contributed by atoms with van der Waals surface area (Å²) in [6, 6.07) is 0. The Morgan fingerprint density at radius 2 is 1.67 bits per heavy atom. The number of rotatable bonds is 4. The van der Waals surface area contributed by atoms with Crippen LogP contribution in [0.4, 0.5) is 0 Å². The number of nitrogens with two attached hydrogens (primary N) is 1. The fourth-order valence-electron chi connectivity index (χ4n) is 1.33. The van der Waals surface area contributed by atoms with E-state index in [1.165, 1.54) is 0 Å². The lowest BCUT2D eigenvalue weighted by atomic mass is 9.85. The third-order valence-corrected chi connectivity index (χ3v) is 3.41. The van der Waals surface area contributed by atoms with E-state index in [-0.39, 0.29) is 22.0 Å². The normalized spacial score (nSPS) is 15.1. The van der Waals surface area contributed by atoms with E-state index in [0.717, 1.165) is 12.2 Å². The van der Waals surface area contributed by atoms with Crippen molar-refractivity contribution in [2.75, 3.05) is 5.75 Å². The van der Waals surface area contributed by atoms with Crippen molar-refractivity contribution in [1.82, 2.24) is 0 Å². The van der Waals surface area contributed by atoms with Gasteiger partial charge in [0, 0.05) is 16.4 Å². The van der Waals surface area contributed by atoms with Crippen LogP contribution in [0.15, 0.2) is 0 Å². The third kappa shape index (κ3) is 8.79. The summed E-state index contributed by atoms with van der Waals surface area (Å²) in [7, 11) is 0. The molecule has 0 heterocycles. The monoisotopic (exact) mass is 231 g/mol. The standard InChI is InChI=1S/C12H25NOS/c1-11(2,3)7-9(10(13)14)8-15-12(4,5)6/h9H,7-8H2,1-6H3,(H2,13,14)/t9-/m0/s1. The van der Waals surface area contributed by atoms with Crippen molar-refractivity contribution >= 4 is 17.7 Å². The van der Waals surface area contributed by atoms with Gasteiger partial charge in [-0.3, -0.25) is 4.79 Å². The molecule has 0 unspecified atom stereocenters. The van der Waals surface area contributed by atoms with Crippen molar-refractivity contribution in [2.24, 2.45) is 17.1 Å². The van der Waals surface area contributed by atoms with Crippen LogP contribution >= 0.6 is 11.8 Å². The Bertz CT molecular complexity index is 213. The molecule has 0 aromatic rings. The van der Waals surface area contributed by atoms with Gasteiger partial charge in [0.1, 0.15) is 0 Å². The molecule has 3 heteroatoms. The smallest absolute Gasteiger partial charge is 0.221 e. The Labute approximate surface area is 98.4 Å². The van der Waals surface area contributed by atoms with Crippen LogP contribution in [-0.2, 0) is 4.79 Å². The first-order valence-corrected chi connectivity index (χ1v) is 6.43. The number of hydrogen-bond acceptors (Lipinski definition) is 2. The molecule has 0 fully saturated rings. The van der Waals surface area contributed by atoms with Crippen LogP contribution in [0.5, 0.6) is 0 Å². The summed E-state index contributed by atoms with van der Waals surface area (Å²) in [5.74, 6) is 0.659. The van der Waals surface area contributed by atoms with Gasteiger partial charge >= 0.3 is 0 Å². The first kappa shape index (κ1) is 14.8. The Balaban J connectivity index is 4.25. The first-order chi connectivity index (χ1) is 6.51. The van der Waals surface area contributed by atoms with Crippen LogP contribution in [0.3, 0.4) is 0 Å². The molecule has 1 atom stereocenters. The van der Waals surface area contributed by atoms with Crippen molar-refractivity contribution in [3.63, 3.8) is 0 Å². The highest BCUT2D eigenvalue weighted by molar-refractivity contribution is 8.00. The molecule has 2 N–H and O–H groups in total. The molecule has 0 radical (unpaired) electrons. The van der Waals surface area contributed by atoms with Crippen LogP contribution < -0.4 is 5.73 Å². The van der Waals surface area contributed by atoms with Gasteiger partial charge in [0.25, 0.3) is 0 Å². The van der Waals surface area contributed by atoms with Gasteiger partial charge in [-0.05, 0) is 11.8 Å². The molecule has 0 saturated heterocycles. The summed E-state index contributed by atoms with van der Waals surface area (Å²) in [5.41, 5.74) is 5.59. The van der Waals surface area contributed by atoms with E-state index < -0.39 is 0 Å². The molecule has 0 aliphatic heterocycles. The summed E-state index contributed by atoms with van der Waals surface area (Å²) in [4.78, 5) is 11.3. The molecular formula is C12H25NOS. The number of hydrogen-bond donors (Lipinski definition) is 1. The second-order valence-electron chi connectivity index (χ2n) is 6.29. The van der Waals surface area contributed by atoms with Gasteiger partial charge < -0.3 is 5.73 Å². The van der Waals surface area contributed by atoms with Crippen LogP contribution in [0.2, 0.25) is 0 Å². The minimum atomic E-state index is -0.165. The van der Waals surface area contributed by atoms with Crippen LogP contribution in [0.25, 0.3) is 0 Å². The zero-order valence-corrected chi connectivity index (χ0v) is 11.7. The van der Waals surface area contributed by atoms with E-state index in [2.05, 4.69) is 41.5 Å². The molecule has 0 bridgehead atoms. The molecule has 0 aromatic heterocycles. The van der Waals surface area contributed by atoms with E-state index in [1.807, 2.05) is 11.8 Å². The van der Waals surface area contributed by atoms with Gasteiger partial charge in [-0.2, -0.15) is 11.8 Å². The second kappa shape index (κ2) is 5.24. The first-order valence-electron chi connectivity index (χ1n) is 5.44. The van der Waals surface area contributed by atoms with Gasteiger partial charge in [0.2, 0.25) is 5.91 Å². The van der Waals surface area contributed by atoms with Crippen LogP contribution in [0.1, 0.15) is 48.0 Å². The fourth-order valence-corrected chi connectivity index (χ4v) is 2.31. The third-order valence-electron chi connectivity index (χ3n) is 1.98. The predicted octanol–water partition coefficient (Wildman–Crippen LogP) is 3.06. The Morgan fingerprint density at radius 1 is 1.20 bits per heavy atom. The highest BCUT2D eigenvalue weighted by Crippen LogP contribution is 2.31. The maximum atomic E-state index is 11.3. The van der Waals surface area contributed by atoms with Crippen molar-refractivity contribution < 1.29 is 4.79 Å². The Kier molecular flexibility index (Phi) is 5.18. The van der Waals surface area contributed by atoms with Crippen molar-refractivity contribution in [3.05, 3.63) is 0 Å². The lowest BCUT2D eigenvalue weighted by Gasteiger charge is -2.26. The predicted molar refractivity (Wildman–Crippen MR) is 69.0 cm³/mol. The molecule has 0 spiro atoms. The fraction of sp³-hybridized carbons (Fsp3) is 0.917. The molecule has 15 heavy (non-hydrogen) atoms. The molecule has 0 rings (SSSR count). The van der Waals surface area contributed by atoms with E-state index in [1.54, 1.807) is 0 Å². The van der Waals surface area contributed by atoms with Gasteiger partial charge in [-0.15, -0.1) is 0 Å². The molecule has 0 aliphatic carbocycles. The average molecular weight is 231 g/mol. The van der Waals surface area contributed by atoms with E-state index in [9.17, 15) is 4.79 Å². The quantitative estimate of drug-likeness (QED) is 0.808. The molecule has 2 nitrogen and oxygen atoms in total. The minimum absolute atomic E-state index is 0.00535. The zero-order chi connectivity index (χ0) is 12.3. The average Bonchev–Trinajstić information content (AvgIpc) is 1.93. The van der Waals surface area contributed by atoms with E-state index in [0.29, 0.717) is 0 Å². The zero-order valence-electron chi connectivity index (χ0n) is 10.9. The van der Waals surface area contributed by atoms with Gasteiger partial charge in [0.05, 0.1) is 0 Å². The number of carbonyl (C=O) groups is 1. The van der Waals surface area contributed by atoms with Crippen molar-refractivity contribution in [3.8, 4) is 0 Å². The maximum Gasteiger partial charge on any atom is 0.221 e. The van der Waals surface area contributed by atoms with Gasteiger partial charge in [-0.1, -0.05) is 41.5 Å². The van der Waals surface area contributed by atoms with E-state index in [4.69, 9.17) is 5.73 Å². The Hall–Kier alpha value is -0.180. The number of carbonyl (C=O) groups excluding carboxylic acids is 1. The lowest BCUT2D eigenvalue weighted by Crippen LogP contribution is -2.30. The summed E-state index contributed by atoms with van der Waals surface area (Å²) in [6.07, 6.45) is 0.866. The summed E-state index contributed by atoms with van der Waals surface area (Å²) in [5, 5.41) is 0. The van der Waals surface area contributed by atoms with E-state index >= 15 is 0 Å². The topological polar surface area (TPSA) is 43.1 Å². The van der Waals surface area contributed by atoms with Crippen molar-refractivity contribution in [2.45, 2.75) is 52.7 Å². The second-order valence-corrected chi connectivity index (χ2v) is 8.13. The Morgan fingerprint density at radius 3 is 1.93 bits per heavy atom. The molecule has 0 saturated carbocycles. The summed E-state index contributed by atoms with van der Waals surface area (Å²) >= 11 is 1.81. The SMILES string of the molecule is CC(C)(C)C[C@@H](CSC(C)(C)C)C(N)=O. The molecule has 90 valence electrons. The largest absolute Gasteiger partial charge is 0.369 e. The maximum absolute atomic E-state index is 11.3. The number of thioether (sulfide) groups is 1. The highest BCUT2D eigenvalue weighted by atomic mass is 32.2. The molecule has 1 amide bonds. The van der Waals surface area contributed by atoms with Gasteiger partial charge in [0.15, 0.2) is 0 Å². The van der Waals surface area contributed by atoms with Crippen molar-refractivity contribution in [1.29, 1.82) is 0 Å². The number of amides is 1. The number of primary amides is 1. The molecule has 0 aromatic carbocycles. The summed E-state index contributed by atoms with van der Waals surface area (Å²) < 4.78 is 0.200. The highest BCUT2D eigenvalue weighted by Gasteiger charge is 2.25.